The number of likely N-dealkylation sites (tertiary alicyclic amines) is 1. The van der Waals surface area contributed by atoms with E-state index in [4.69, 9.17) is 4.74 Å². The standard InChI is InChI=1S/C29H29FN4O2/c1-36-15-14-34-18-25(21-11-7-12-23(30)16-21)26(19-34)32-29(35)33-28-24-13-6-5-10-22(24)17-31-27(28)20-8-3-2-4-9-20/h2-13,16-17,25-26H,14-15,18-19H2,1H3,(H2,32,33,35)/t25-,26+/m0/s1. The zero-order valence-corrected chi connectivity index (χ0v) is 20.2. The number of halogens is 1. The minimum atomic E-state index is -0.315. The van der Waals surface area contributed by atoms with Gasteiger partial charge in [0.05, 0.1) is 24.0 Å². The minimum Gasteiger partial charge on any atom is -0.383 e. The summed E-state index contributed by atoms with van der Waals surface area (Å²) in [6, 6.07) is 23.8. The number of hydrogen-bond acceptors (Lipinski definition) is 4. The lowest BCUT2D eigenvalue weighted by molar-refractivity contribution is 0.159. The summed E-state index contributed by atoms with van der Waals surface area (Å²) in [5.74, 6) is -0.317. The van der Waals surface area contributed by atoms with Crippen molar-refractivity contribution in [2.24, 2.45) is 0 Å². The lowest BCUT2D eigenvalue weighted by Gasteiger charge is -2.21. The van der Waals surface area contributed by atoms with Crippen LogP contribution in [0.3, 0.4) is 0 Å². The van der Waals surface area contributed by atoms with Crippen LogP contribution in [-0.2, 0) is 4.74 Å². The summed E-state index contributed by atoms with van der Waals surface area (Å²) in [5, 5.41) is 8.11. The maximum absolute atomic E-state index is 14.0. The third-order valence-electron chi connectivity index (χ3n) is 6.69. The van der Waals surface area contributed by atoms with Gasteiger partial charge >= 0.3 is 6.03 Å². The molecule has 2 atom stereocenters. The number of aromatic nitrogens is 1. The van der Waals surface area contributed by atoms with Crippen LogP contribution in [0.1, 0.15) is 11.5 Å². The van der Waals surface area contributed by atoms with Gasteiger partial charge in [0.15, 0.2) is 0 Å². The van der Waals surface area contributed by atoms with Crippen molar-refractivity contribution in [3.05, 3.63) is 96.4 Å². The molecule has 0 unspecified atom stereocenters. The summed E-state index contributed by atoms with van der Waals surface area (Å²) in [7, 11) is 1.67. The molecule has 0 saturated carbocycles. The number of urea groups is 1. The summed E-state index contributed by atoms with van der Waals surface area (Å²) < 4.78 is 19.3. The first-order chi connectivity index (χ1) is 17.6. The first-order valence-electron chi connectivity index (χ1n) is 12.1. The molecule has 2 amide bonds. The zero-order chi connectivity index (χ0) is 24.9. The number of pyridine rings is 1. The molecule has 0 bridgehead atoms. The molecular formula is C29H29FN4O2. The Morgan fingerprint density at radius 3 is 2.67 bits per heavy atom. The highest BCUT2D eigenvalue weighted by molar-refractivity contribution is 6.06. The first kappa shape index (κ1) is 23.9. The summed E-state index contributed by atoms with van der Waals surface area (Å²) in [6.07, 6.45) is 1.82. The molecule has 1 fully saturated rings. The molecule has 184 valence electrons. The maximum atomic E-state index is 14.0. The van der Waals surface area contributed by atoms with E-state index in [1.165, 1.54) is 6.07 Å². The van der Waals surface area contributed by atoms with E-state index in [1.54, 1.807) is 19.2 Å². The molecule has 0 radical (unpaired) electrons. The smallest absolute Gasteiger partial charge is 0.319 e. The predicted molar refractivity (Wildman–Crippen MR) is 141 cm³/mol. The van der Waals surface area contributed by atoms with Crippen LogP contribution in [0, 0.1) is 5.82 Å². The summed E-state index contributed by atoms with van der Waals surface area (Å²) in [4.78, 5) is 20.3. The highest BCUT2D eigenvalue weighted by Gasteiger charge is 2.35. The Labute approximate surface area is 210 Å². The number of carbonyl (C=O) groups is 1. The van der Waals surface area contributed by atoms with Crippen molar-refractivity contribution < 1.29 is 13.9 Å². The number of hydrogen-bond donors (Lipinski definition) is 2. The highest BCUT2D eigenvalue weighted by Crippen LogP contribution is 2.33. The van der Waals surface area contributed by atoms with Gasteiger partial charge < -0.3 is 15.4 Å². The van der Waals surface area contributed by atoms with Crippen LogP contribution in [0.15, 0.2) is 85.1 Å². The molecule has 6 nitrogen and oxygen atoms in total. The molecule has 1 saturated heterocycles. The number of methoxy groups -OCH3 is 1. The number of ether oxygens (including phenoxy) is 1. The molecule has 5 rings (SSSR count). The van der Waals surface area contributed by atoms with Gasteiger partial charge in [-0.1, -0.05) is 66.7 Å². The van der Waals surface area contributed by atoms with E-state index in [-0.39, 0.29) is 23.8 Å². The molecule has 3 aromatic carbocycles. The number of anilines is 1. The number of amides is 2. The van der Waals surface area contributed by atoms with E-state index < -0.39 is 0 Å². The van der Waals surface area contributed by atoms with Crippen molar-refractivity contribution in [1.82, 2.24) is 15.2 Å². The third kappa shape index (κ3) is 5.22. The molecule has 36 heavy (non-hydrogen) atoms. The van der Waals surface area contributed by atoms with Gasteiger partial charge in [0, 0.05) is 55.2 Å². The van der Waals surface area contributed by atoms with Crippen molar-refractivity contribution >= 4 is 22.5 Å². The fourth-order valence-corrected chi connectivity index (χ4v) is 4.93. The Hall–Kier alpha value is -3.81. The van der Waals surface area contributed by atoms with Crippen molar-refractivity contribution in [2.75, 3.05) is 38.7 Å². The molecule has 4 aromatic rings. The molecule has 0 aliphatic carbocycles. The van der Waals surface area contributed by atoms with Gasteiger partial charge in [0.25, 0.3) is 0 Å². The van der Waals surface area contributed by atoms with E-state index in [2.05, 4.69) is 20.5 Å². The van der Waals surface area contributed by atoms with Gasteiger partial charge in [-0.25, -0.2) is 9.18 Å². The Bertz CT molecular complexity index is 1350. The summed E-state index contributed by atoms with van der Waals surface area (Å²) in [6.45, 7) is 2.70. The lowest BCUT2D eigenvalue weighted by Crippen LogP contribution is -2.42. The molecule has 0 spiro atoms. The second-order valence-corrected chi connectivity index (χ2v) is 9.05. The average molecular weight is 485 g/mol. The normalized spacial score (nSPS) is 17.8. The maximum Gasteiger partial charge on any atom is 0.319 e. The first-order valence-corrected chi connectivity index (χ1v) is 12.1. The average Bonchev–Trinajstić information content (AvgIpc) is 3.30. The van der Waals surface area contributed by atoms with E-state index in [9.17, 15) is 9.18 Å². The SMILES string of the molecule is COCCN1C[C@@H](NC(=O)Nc2c(-c3ccccc3)ncc3ccccc23)[C@H](c2cccc(F)c2)C1. The van der Waals surface area contributed by atoms with Crippen LogP contribution in [0.2, 0.25) is 0 Å². The van der Waals surface area contributed by atoms with E-state index >= 15 is 0 Å². The molecule has 7 heteroatoms. The van der Waals surface area contributed by atoms with E-state index in [0.717, 1.165) is 28.4 Å². The monoisotopic (exact) mass is 484 g/mol. The van der Waals surface area contributed by atoms with Crippen molar-refractivity contribution in [2.45, 2.75) is 12.0 Å². The summed E-state index contributed by atoms with van der Waals surface area (Å²) in [5.41, 5.74) is 3.16. The second-order valence-electron chi connectivity index (χ2n) is 9.05. The predicted octanol–water partition coefficient (Wildman–Crippen LogP) is 5.28. The quantitative estimate of drug-likeness (QED) is 0.375. The Kier molecular flexibility index (Phi) is 7.21. The van der Waals surface area contributed by atoms with Gasteiger partial charge in [-0.3, -0.25) is 9.88 Å². The zero-order valence-electron chi connectivity index (χ0n) is 20.2. The van der Waals surface area contributed by atoms with Crippen LogP contribution >= 0.6 is 0 Å². The van der Waals surface area contributed by atoms with Gasteiger partial charge in [0.2, 0.25) is 0 Å². The topological polar surface area (TPSA) is 66.5 Å². The van der Waals surface area contributed by atoms with Crippen molar-refractivity contribution in [1.29, 1.82) is 0 Å². The number of nitrogens with zero attached hydrogens (tertiary/aromatic N) is 2. The fraction of sp³-hybridized carbons (Fsp3) is 0.241. The number of carbonyl (C=O) groups excluding carboxylic acids is 1. The van der Waals surface area contributed by atoms with Crippen LogP contribution in [-0.4, -0.2) is 55.3 Å². The van der Waals surface area contributed by atoms with Gasteiger partial charge in [-0.15, -0.1) is 0 Å². The van der Waals surface area contributed by atoms with Crippen LogP contribution in [0.25, 0.3) is 22.0 Å². The Balaban J connectivity index is 1.42. The largest absolute Gasteiger partial charge is 0.383 e. The molecule has 2 N–H and O–H groups in total. The third-order valence-corrected chi connectivity index (χ3v) is 6.69. The Morgan fingerprint density at radius 1 is 1.06 bits per heavy atom. The van der Waals surface area contributed by atoms with Crippen molar-refractivity contribution in [3.8, 4) is 11.3 Å². The van der Waals surface area contributed by atoms with Gasteiger partial charge in [-0.2, -0.15) is 0 Å². The number of nitrogens with one attached hydrogen (secondary N) is 2. The summed E-state index contributed by atoms with van der Waals surface area (Å²) >= 11 is 0. The van der Waals surface area contributed by atoms with Gasteiger partial charge in [-0.05, 0) is 17.7 Å². The number of rotatable bonds is 7. The molecule has 1 aromatic heterocycles. The van der Waals surface area contributed by atoms with Crippen LogP contribution in [0.5, 0.6) is 0 Å². The van der Waals surface area contributed by atoms with Crippen molar-refractivity contribution in [3.63, 3.8) is 0 Å². The minimum absolute atomic E-state index is 0.0393. The van der Waals surface area contributed by atoms with Crippen LogP contribution < -0.4 is 10.6 Å². The molecular weight excluding hydrogens is 455 g/mol. The van der Waals surface area contributed by atoms with Crippen LogP contribution in [0.4, 0.5) is 14.9 Å². The number of benzene rings is 3. The second kappa shape index (κ2) is 10.8. The van der Waals surface area contributed by atoms with Gasteiger partial charge in [0.1, 0.15) is 5.82 Å². The molecule has 1 aliphatic rings. The Morgan fingerprint density at radius 2 is 1.86 bits per heavy atom. The van der Waals surface area contributed by atoms with E-state index in [0.29, 0.717) is 31.1 Å². The fourth-order valence-electron chi connectivity index (χ4n) is 4.93. The van der Waals surface area contributed by atoms with E-state index in [1.807, 2.05) is 66.9 Å². The highest BCUT2D eigenvalue weighted by atomic mass is 19.1. The lowest BCUT2D eigenvalue weighted by atomic mass is 9.94. The number of fused-ring (bicyclic) bond motifs is 1. The molecule has 1 aliphatic heterocycles. The molecule has 2 heterocycles.